The van der Waals surface area contributed by atoms with Crippen LogP contribution in [-0.2, 0) is 4.74 Å². The normalized spacial score (nSPS) is 24.8. The Morgan fingerprint density at radius 3 is 2.91 bits per heavy atom. The minimum Gasteiger partial charge on any atom is -0.375 e. The molecule has 0 radical (unpaired) electrons. The van der Waals surface area contributed by atoms with Crippen molar-refractivity contribution >= 4 is 0 Å². The predicted molar refractivity (Wildman–Crippen MR) is 37.8 cm³/mol. The summed E-state index contributed by atoms with van der Waals surface area (Å²) >= 11 is 0. The van der Waals surface area contributed by atoms with Crippen molar-refractivity contribution in [1.29, 1.82) is 0 Å². The van der Waals surface area contributed by atoms with Gasteiger partial charge in [-0.05, 0) is 18.9 Å². The van der Waals surface area contributed by atoms with Gasteiger partial charge < -0.3 is 10.1 Å². The SMILES string of the molecule is FC(F)COCC1CCNC1. The molecule has 0 spiro atoms. The van der Waals surface area contributed by atoms with Crippen molar-refractivity contribution in [3.05, 3.63) is 0 Å². The Hall–Kier alpha value is -0.220. The summed E-state index contributed by atoms with van der Waals surface area (Å²) in [5, 5.41) is 3.14. The number of alkyl halides is 2. The third-order valence-electron chi connectivity index (χ3n) is 1.76. The molecule has 1 saturated heterocycles. The first-order chi connectivity index (χ1) is 5.29. The number of hydrogen-bond donors (Lipinski definition) is 1. The highest BCUT2D eigenvalue weighted by Gasteiger charge is 2.14. The van der Waals surface area contributed by atoms with E-state index in [0.717, 1.165) is 19.5 Å². The minimum absolute atomic E-state index is 0.420. The van der Waals surface area contributed by atoms with E-state index >= 15 is 0 Å². The second kappa shape index (κ2) is 4.62. The van der Waals surface area contributed by atoms with Crippen LogP contribution >= 0.6 is 0 Å². The smallest absolute Gasteiger partial charge is 0.261 e. The van der Waals surface area contributed by atoms with Crippen molar-refractivity contribution < 1.29 is 13.5 Å². The molecular weight excluding hydrogens is 152 g/mol. The maximum Gasteiger partial charge on any atom is 0.261 e. The quantitative estimate of drug-likeness (QED) is 0.667. The lowest BCUT2D eigenvalue weighted by Crippen LogP contribution is -2.16. The van der Waals surface area contributed by atoms with Gasteiger partial charge in [0.1, 0.15) is 6.61 Å². The summed E-state index contributed by atoms with van der Waals surface area (Å²) in [5.74, 6) is 0.439. The number of ether oxygens (including phenoxy) is 1. The van der Waals surface area contributed by atoms with Gasteiger partial charge >= 0.3 is 0 Å². The van der Waals surface area contributed by atoms with E-state index in [1.54, 1.807) is 0 Å². The van der Waals surface area contributed by atoms with Crippen molar-refractivity contribution in [2.45, 2.75) is 12.8 Å². The van der Waals surface area contributed by atoms with E-state index in [1.165, 1.54) is 0 Å². The minimum atomic E-state index is -2.33. The molecule has 0 aromatic carbocycles. The van der Waals surface area contributed by atoms with E-state index in [2.05, 4.69) is 5.32 Å². The van der Waals surface area contributed by atoms with Gasteiger partial charge in [0, 0.05) is 6.54 Å². The van der Waals surface area contributed by atoms with E-state index in [4.69, 9.17) is 4.74 Å². The fourth-order valence-electron chi connectivity index (χ4n) is 1.18. The highest BCUT2D eigenvalue weighted by Crippen LogP contribution is 2.07. The number of nitrogens with one attached hydrogen (secondary N) is 1. The first-order valence-corrected chi connectivity index (χ1v) is 3.85. The Morgan fingerprint density at radius 2 is 2.36 bits per heavy atom. The van der Waals surface area contributed by atoms with Gasteiger partial charge in [0.25, 0.3) is 6.43 Å². The molecule has 1 rings (SSSR count). The standard InChI is InChI=1S/C7H13F2NO/c8-7(9)5-11-4-6-1-2-10-3-6/h6-7,10H,1-5H2. The molecule has 0 saturated carbocycles. The van der Waals surface area contributed by atoms with Gasteiger partial charge in [0.2, 0.25) is 0 Å². The summed E-state index contributed by atoms with van der Waals surface area (Å²) in [4.78, 5) is 0. The van der Waals surface area contributed by atoms with Gasteiger partial charge in [-0.2, -0.15) is 0 Å². The predicted octanol–water partition coefficient (Wildman–Crippen LogP) is 0.878. The largest absolute Gasteiger partial charge is 0.375 e. The van der Waals surface area contributed by atoms with Crippen molar-refractivity contribution in [3.8, 4) is 0 Å². The molecule has 11 heavy (non-hydrogen) atoms. The fourth-order valence-corrected chi connectivity index (χ4v) is 1.18. The molecule has 1 unspecified atom stereocenters. The van der Waals surface area contributed by atoms with Crippen LogP contribution in [0.3, 0.4) is 0 Å². The van der Waals surface area contributed by atoms with Crippen LogP contribution in [0.5, 0.6) is 0 Å². The zero-order valence-electron chi connectivity index (χ0n) is 6.35. The van der Waals surface area contributed by atoms with Gasteiger partial charge in [0.15, 0.2) is 0 Å². The van der Waals surface area contributed by atoms with E-state index in [-0.39, 0.29) is 0 Å². The van der Waals surface area contributed by atoms with Gasteiger partial charge in [-0.25, -0.2) is 8.78 Å². The van der Waals surface area contributed by atoms with Crippen LogP contribution in [0.25, 0.3) is 0 Å². The summed E-state index contributed by atoms with van der Waals surface area (Å²) in [7, 11) is 0. The zero-order chi connectivity index (χ0) is 8.10. The van der Waals surface area contributed by atoms with Crippen LogP contribution < -0.4 is 5.32 Å². The van der Waals surface area contributed by atoms with Crippen molar-refractivity contribution in [2.24, 2.45) is 5.92 Å². The van der Waals surface area contributed by atoms with E-state index in [1.807, 2.05) is 0 Å². The maximum atomic E-state index is 11.6. The zero-order valence-corrected chi connectivity index (χ0v) is 6.35. The molecule has 1 N–H and O–H groups in total. The Kier molecular flexibility index (Phi) is 3.72. The Morgan fingerprint density at radius 1 is 1.55 bits per heavy atom. The molecule has 0 aromatic rings. The summed E-state index contributed by atoms with van der Waals surface area (Å²) < 4.78 is 27.9. The van der Waals surface area contributed by atoms with Crippen LogP contribution in [0, 0.1) is 5.92 Å². The molecule has 0 bridgehead atoms. The Labute approximate surface area is 64.9 Å². The fraction of sp³-hybridized carbons (Fsp3) is 1.00. The topological polar surface area (TPSA) is 21.3 Å². The lowest BCUT2D eigenvalue weighted by molar-refractivity contribution is 0.00617. The molecule has 1 fully saturated rings. The van der Waals surface area contributed by atoms with Gasteiger partial charge in [-0.15, -0.1) is 0 Å². The highest BCUT2D eigenvalue weighted by atomic mass is 19.3. The maximum absolute atomic E-state index is 11.6. The molecule has 1 aliphatic rings. The Balaban J connectivity index is 1.94. The van der Waals surface area contributed by atoms with Crippen molar-refractivity contribution in [2.75, 3.05) is 26.3 Å². The molecule has 66 valence electrons. The lowest BCUT2D eigenvalue weighted by atomic mass is 10.1. The van der Waals surface area contributed by atoms with Crippen LogP contribution in [0.4, 0.5) is 8.78 Å². The highest BCUT2D eigenvalue weighted by molar-refractivity contribution is 4.70. The molecule has 1 aliphatic heterocycles. The average molecular weight is 165 g/mol. The van der Waals surface area contributed by atoms with Crippen LogP contribution in [0.15, 0.2) is 0 Å². The molecule has 0 aromatic heterocycles. The van der Waals surface area contributed by atoms with Crippen LogP contribution in [0.2, 0.25) is 0 Å². The second-order valence-electron chi connectivity index (χ2n) is 2.79. The van der Waals surface area contributed by atoms with Crippen molar-refractivity contribution in [3.63, 3.8) is 0 Å². The molecule has 1 atom stereocenters. The Bertz CT molecular complexity index is 105. The van der Waals surface area contributed by atoms with E-state index < -0.39 is 13.0 Å². The molecule has 2 nitrogen and oxygen atoms in total. The number of halogens is 2. The summed E-state index contributed by atoms with van der Waals surface area (Å²) in [6, 6.07) is 0. The molecule has 4 heteroatoms. The first kappa shape index (κ1) is 8.87. The molecule has 1 heterocycles. The molecule has 0 amide bonds. The number of rotatable bonds is 4. The third-order valence-corrected chi connectivity index (χ3v) is 1.76. The first-order valence-electron chi connectivity index (χ1n) is 3.85. The van der Waals surface area contributed by atoms with Gasteiger partial charge in [-0.3, -0.25) is 0 Å². The second-order valence-corrected chi connectivity index (χ2v) is 2.79. The average Bonchev–Trinajstić information content (AvgIpc) is 2.39. The monoisotopic (exact) mass is 165 g/mol. The summed E-state index contributed by atoms with van der Waals surface area (Å²) in [6.07, 6.45) is -1.28. The summed E-state index contributed by atoms with van der Waals surface area (Å²) in [5.41, 5.74) is 0. The van der Waals surface area contributed by atoms with E-state index in [0.29, 0.717) is 12.5 Å². The van der Waals surface area contributed by atoms with E-state index in [9.17, 15) is 8.78 Å². The van der Waals surface area contributed by atoms with Gasteiger partial charge in [-0.1, -0.05) is 0 Å². The van der Waals surface area contributed by atoms with Crippen LogP contribution in [-0.4, -0.2) is 32.7 Å². The summed E-state index contributed by atoms with van der Waals surface area (Å²) in [6.45, 7) is 1.94. The number of hydrogen-bond acceptors (Lipinski definition) is 2. The molecular formula is C7H13F2NO. The van der Waals surface area contributed by atoms with Crippen LogP contribution in [0.1, 0.15) is 6.42 Å². The van der Waals surface area contributed by atoms with Gasteiger partial charge in [0.05, 0.1) is 6.61 Å². The lowest BCUT2D eigenvalue weighted by Gasteiger charge is -2.07. The van der Waals surface area contributed by atoms with Crippen molar-refractivity contribution in [1.82, 2.24) is 5.32 Å². The third kappa shape index (κ3) is 3.62. The molecule has 0 aliphatic carbocycles.